The van der Waals surface area contributed by atoms with Crippen LogP contribution >= 0.6 is 11.6 Å². The monoisotopic (exact) mass is 327 g/mol. The van der Waals surface area contributed by atoms with Crippen LogP contribution in [0.2, 0.25) is 5.02 Å². The van der Waals surface area contributed by atoms with Gasteiger partial charge in [0.2, 0.25) is 0 Å². The van der Waals surface area contributed by atoms with Crippen molar-refractivity contribution in [2.75, 3.05) is 13.7 Å². The third kappa shape index (κ3) is 4.96. The third-order valence-electron chi connectivity index (χ3n) is 2.92. The number of ether oxygens (including phenoxy) is 2. The summed E-state index contributed by atoms with van der Waals surface area (Å²) in [7, 11) is 1.42. The lowest BCUT2D eigenvalue weighted by Crippen LogP contribution is -2.14. The fourth-order valence-electron chi connectivity index (χ4n) is 1.95. The van der Waals surface area contributed by atoms with Crippen LogP contribution in [0.1, 0.15) is 11.1 Å². The molecule has 0 radical (unpaired) electrons. The Morgan fingerprint density at radius 2 is 2.04 bits per heavy atom. The molecule has 116 valence electrons. The van der Waals surface area contributed by atoms with Crippen LogP contribution < -0.4 is 4.74 Å². The molecule has 0 unspecified atom stereocenters. The predicted molar refractivity (Wildman–Crippen MR) is 88.9 cm³/mol. The van der Waals surface area contributed by atoms with Crippen molar-refractivity contribution in [3.05, 3.63) is 64.7 Å². The predicted octanol–water partition coefficient (Wildman–Crippen LogP) is 3.96. The van der Waals surface area contributed by atoms with Crippen molar-refractivity contribution >= 4 is 29.2 Å². The first-order chi connectivity index (χ1) is 11.1. The van der Waals surface area contributed by atoms with Crippen LogP contribution in [-0.4, -0.2) is 19.7 Å². The standard InChI is InChI=1S/C18H14ClNO3/c1-22-12-18(21)23-17-7-2-4-13(9-17)8-15(11-20)14-5-3-6-16(19)10-14/h2-10H,12H2,1H3/b15-8-. The lowest BCUT2D eigenvalue weighted by atomic mass is 10.0. The largest absolute Gasteiger partial charge is 0.425 e. The zero-order valence-corrected chi connectivity index (χ0v) is 13.2. The van der Waals surface area contributed by atoms with E-state index in [1.54, 1.807) is 42.5 Å². The first kappa shape index (κ1) is 16.8. The van der Waals surface area contributed by atoms with E-state index in [1.165, 1.54) is 7.11 Å². The van der Waals surface area contributed by atoms with E-state index >= 15 is 0 Å². The number of hydrogen-bond acceptors (Lipinski definition) is 4. The molecule has 0 aromatic heterocycles. The van der Waals surface area contributed by atoms with Crippen molar-refractivity contribution < 1.29 is 14.3 Å². The Morgan fingerprint density at radius 1 is 1.26 bits per heavy atom. The van der Waals surface area contributed by atoms with Crippen molar-refractivity contribution in [2.24, 2.45) is 0 Å². The number of rotatable bonds is 5. The smallest absolute Gasteiger partial charge is 0.337 e. The molecule has 23 heavy (non-hydrogen) atoms. The Labute approximate surface area is 139 Å². The molecule has 0 fully saturated rings. The fraction of sp³-hybridized carbons (Fsp3) is 0.111. The van der Waals surface area contributed by atoms with Gasteiger partial charge in [-0.25, -0.2) is 4.79 Å². The molecule has 4 nitrogen and oxygen atoms in total. The summed E-state index contributed by atoms with van der Waals surface area (Å²) in [5.41, 5.74) is 1.93. The molecule has 2 rings (SSSR count). The van der Waals surface area contributed by atoms with Gasteiger partial charge >= 0.3 is 5.97 Å². The van der Waals surface area contributed by atoms with Crippen LogP contribution in [0.15, 0.2) is 48.5 Å². The number of methoxy groups -OCH3 is 1. The first-order valence-corrected chi connectivity index (χ1v) is 7.17. The number of benzene rings is 2. The molecule has 2 aromatic carbocycles. The lowest BCUT2D eigenvalue weighted by Gasteiger charge is -2.05. The summed E-state index contributed by atoms with van der Waals surface area (Å²) < 4.78 is 9.85. The van der Waals surface area contributed by atoms with E-state index in [-0.39, 0.29) is 6.61 Å². The van der Waals surface area contributed by atoms with Crippen LogP contribution in [0.5, 0.6) is 5.75 Å². The lowest BCUT2D eigenvalue weighted by molar-refractivity contribution is -0.138. The Morgan fingerprint density at radius 3 is 2.74 bits per heavy atom. The number of hydrogen-bond donors (Lipinski definition) is 0. The van der Waals surface area contributed by atoms with E-state index in [9.17, 15) is 10.1 Å². The maximum Gasteiger partial charge on any atom is 0.337 e. The van der Waals surface area contributed by atoms with Gasteiger partial charge in [0, 0.05) is 12.1 Å². The number of halogens is 1. The molecule has 0 aliphatic heterocycles. The molecule has 0 atom stereocenters. The molecule has 0 spiro atoms. The molecule has 0 aliphatic carbocycles. The quantitative estimate of drug-likeness (QED) is 0.361. The van der Waals surface area contributed by atoms with E-state index in [0.717, 1.165) is 11.1 Å². The third-order valence-corrected chi connectivity index (χ3v) is 3.15. The van der Waals surface area contributed by atoms with Crippen molar-refractivity contribution in [3.8, 4) is 11.8 Å². The SMILES string of the molecule is COCC(=O)Oc1cccc(/C=C(/C#N)c2cccc(Cl)c2)c1. The first-order valence-electron chi connectivity index (χ1n) is 6.80. The van der Waals surface area contributed by atoms with Gasteiger partial charge in [0.25, 0.3) is 0 Å². The Bertz CT molecular complexity index is 778. The average Bonchev–Trinajstić information content (AvgIpc) is 2.53. The molecule has 0 saturated carbocycles. The highest BCUT2D eigenvalue weighted by Gasteiger charge is 2.06. The number of nitrogens with zero attached hydrogens (tertiary/aromatic N) is 1. The van der Waals surface area contributed by atoms with E-state index in [0.29, 0.717) is 16.3 Å². The zero-order chi connectivity index (χ0) is 16.7. The summed E-state index contributed by atoms with van der Waals surface area (Å²) >= 11 is 5.96. The van der Waals surface area contributed by atoms with Gasteiger partial charge in [-0.2, -0.15) is 5.26 Å². The Kier molecular flexibility index (Phi) is 5.93. The molecular weight excluding hydrogens is 314 g/mol. The van der Waals surface area contributed by atoms with Crippen LogP contribution in [0, 0.1) is 11.3 Å². The van der Waals surface area contributed by atoms with E-state index < -0.39 is 5.97 Å². The minimum atomic E-state index is -0.482. The number of esters is 1. The minimum Gasteiger partial charge on any atom is -0.425 e. The summed E-state index contributed by atoms with van der Waals surface area (Å²) in [5, 5.41) is 9.91. The minimum absolute atomic E-state index is 0.119. The van der Waals surface area contributed by atoms with E-state index in [4.69, 9.17) is 21.1 Å². The molecule has 0 heterocycles. The van der Waals surface area contributed by atoms with Gasteiger partial charge in [-0.15, -0.1) is 0 Å². The van der Waals surface area contributed by atoms with E-state index in [1.807, 2.05) is 12.1 Å². The van der Waals surface area contributed by atoms with Gasteiger partial charge in [-0.05, 0) is 41.5 Å². The topological polar surface area (TPSA) is 59.3 Å². The van der Waals surface area contributed by atoms with Gasteiger partial charge in [0.15, 0.2) is 0 Å². The highest BCUT2D eigenvalue weighted by atomic mass is 35.5. The summed E-state index contributed by atoms with van der Waals surface area (Å²) in [6, 6.07) is 16.1. The second kappa shape index (κ2) is 8.14. The van der Waals surface area contributed by atoms with Crippen LogP contribution in [0.3, 0.4) is 0 Å². The second-order valence-electron chi connectivity index (χ2n) is 4.66. The Hall–Kier alpha value is -2.61. The van der Waals surface area contributed by atoms with Gasteiger partial charge in [-0.1, -0.05) is 35.9 Å². The number of nitriles is 1. The van der Waals surface area contributed by atoms with Crippen molar-refractivity contribution in [3.63, 3.8) is 0 Å². The second-order valence-corrected chi connectivity index (χ2v) is 5.10. The van der Waals surface area contributed by atoms with Gasteiger partial charge in [0.1, 0.15) is 12.4 Å². The number of allylic oxidation sites excluding steroid dienone is 1. The molecule has 0 aliphatic rings. The maximum atomic E-state index is 11.4. The fourth-order valence-corrected chi connectivity index (χ4v) is 2.14. The molecule has 2 aromatic rings. The van der Waals surface area contributed by atoms with E-state index in [2.05, 4.69) is 6.07 Å². The molecule has 0 amide bonds. The highest BCUT2D eigenvalue weighted by molar-refractivity contribution is 6.30. The number of carbonyl (C=O) groups is 1. The van der Waals surface area contributed by atoms with Crippen molar-refractivity contribution in [2.45, 2.75) is 0 Å². The zero-order valence-electron chi connectivity index (χ0n) is 12.5. The summed E-state index contributed by atoms with van der Waals surface area (Å²) in [6.45, 7) is -0.119. The van der Waals surface area contributed by atoms with Crippen LogP contribution in [0.25, 0.3) is 11.6 Å². The van der Waals surface area contributed by atoms with Crippen LogP contribution in [0.4, 0.5) is 0 Å². The molecular formula is C18H14ClNO3. The number of carbonyl (C=O) groups excluding carboxylic acids is 1. The summed E-state index contributed by atoms with van der Waals surface area (Å²) in [4.78, 5) is 11.4. The van der Waals surface area contributed by atoms with Crippen LogP contribution in [-0.2, 0) is 9.53 Å². The summed E-state index contributed by atoms with van der Waals surface area (Å²) in [5.74, 6) is -0.0897. The average molecular weight is 328 g/mol. The molecule has 0 saturated heterocycles. The highest BCUT2D eigenvalue weighted by Crippen LogP contribution is 2.22. The molecule has 5 heteroatoms. The molecule has 0 bridgehead atoms. The van der Waals surface area contributed by atoms with Crippen molar-refractivity contribution in [1.29, 1.82) is 5.26 Å². The van der Waals surface area contributed by atoms with Crippen molar-refractivity contribution in [1.82, 2.24) is 0 Å². The summed E-state index contributed by atoms with van der Waals surface area (Å²) in [6.07, 6.45) is 1.71. The maximum absolute atomic E-state index is 11.4. The van der Waals surface area contributed by atoms with Gasteiger partial charge < -0.3 is 9.47 Å². The molecule has 0 N–H and O–H groups in total. The normalized spacial score (nSPS) is 10.9. The Balaban J connectivity index is 2.27. The van der Waals surface area contributed by atoms with Gasteiger partial charge in [-0.3, -0.25) is 0 Å². The van der Waals surface area contributed by atoms with Gasteiger partial charge in [0.05, 0.1) is 11.6 Å².